The van der Waals surface area contributed by atoms with Gasteiger partial charge in [0.1, 0.15) is 0 Å². The number of hydrogen-bond acceptors (Lipinski definition) is 2. The van der Waals surface area contributed by atoms with Gasteiger partial charge in [0.05, 0.1) is 0 Å². The Morgan fingerprint density at radius 1 is 0.895 bits per heavy atom. The minimum absolute atomic E-state index is 0.0323. The summed E-state index contributed by atoms with van der Waals surface area (Å²) in [5.74, 6) is -5.43. The largest absolute Gasteiger partial charge is 0.505 e. The van der Waals surface area contributed by atoms with Crippen LogP contribution in [0.2, 0.25) is 0 Å². The Kier molecular flexibility index (Phi) is 3.59. The number of hydrogen-bond donors (Lipinski definition) is 2. The van der Waals surface area contributed by atoms with Crippen molar-refractivity contribution >= 4 is 5.69 Å². The second-order valence-corrected chi connectivity index (χ2v) is 3.89. The van der Waals surface area contributed by atoms with Crippen LogP contribution in [0.3, 0.4) is 0 Å². The zero-order valence-corrected chi connectivity index (χ0v) is 9.55. The number of phenolic OH excluding ortho intramolecular Hbond substituents is 1. The van der Waals surface area contributed by atoms with Crippen LogP contribution in [0.5, 0.6) is 5.75 Å². The summed E-state index contributed by atoms with van der Waals surface area (Å²) < 4.78 is 51.6. The number of aromatic hydroxyl groups is 1. The summed E-state index contributed by atoms with van der Waals surface area (Å²) in [4.78, 5) is 0. The lowest BCUT2D eigenvalue weighted by Gasteiger charge is -2.08. The molecule has 0 radical (unpaired) electrons. The normalized spacial score (nSPS) is 10.5. The second kappa shape index (κ2) is 5.17. The van der Waals surface area contributed by atoms with E-state index < -0.39 is 29.0 Å². The van der Waals surface area contributed by atoms with Gasteiger partial charge >= 0.3 is 0 Å². The smallest absolute Gasteiger partial charge is 0.194 e. The van der Waals surface area contributed by atoms with E-state index in [2.05, 4.69) is 5.32 Å². The van der Waals surface area contributed by atoms with Crippen molar-refractivity contribution in [2.24, 2.45) is 0 Å². The Bertz CT molecular complexity index is 593. The van der Waals surface area contributed by atoms with E-state index in [-0.39, 0.29) is 12.2 Å². The molecule has 0 amide bonds. The van der Waals surface area contributed by atoms with Crippen LogP contribution in [0.1, 0.15) is 5.56 Å². The summed E-state index contributed by atoms with van der Waals surface area (Å²) in [7, 11) is 0. The van der Waals surface area contributed by atoms with Crippen LogP contribution in [0.4, 0.5) is 23.2 Å². The number of halogens is 4. The molecule has 6 heteroatoms. The minimum atomic E-state index is -1.54. The summed E-state index contributed by atoms with van der Waals surface area (Å²) in [6.45, 7) is 0.0711. The first-order chi connectivity index (χ1) is 8.97. The number of anilines is 1. The zero-order valence-electron chi connectivity index (χ0n) is 9.55. The Labute approximate surface area is 106 Å². The summed E-state index contributed by atoms with van der Waals surface area (Å²) in [5.41, 5.74) is 0.491. The lowest BCUT2D eigenvalue weighted by atomic mass is 10.2. The highest BCUT2D eigenvalue weighted by molar-refractivity contribution is 5.45. The molecular weight excluding hydrogens is 262 g/mol. The number of rotatable bonds is 3. The monoisotopic (exact) mass is 271 g/mol. The van der Waals surface area contributed by atoms with Crippen LogP contribution in [0.15, 0.2) is 30.3 Å². The third kappa shape index (κ3) is 2.96. The molecule has 2 aromatic rings. The third-order valence-corrected chi connectivity index (χ3v) is 2.49. The molecule has 0 aromatic heterocycles. The van der Waals surface area contributed by atoms with E-state index >= 15 is 0 Å². The first-order valence-electron chi connectivity index (χ1n) is 5.33. The van der Waals surface area contributed by atoms with Crippen molar-refractivity contribution in [3.8, 4) is 5.75 Å². The highest BCUT2D eigenvalue weighted by atomic mass is 19.2. The summed E-state index contributed by atoms with van der Waals surface area (Å²) in [6.07, 6.45) is 0. The van der Waals surface area contributed by atoms with E-state index in [0.717, 1.165) is 24.3 Å². The van der Waals surface area contributed by atoms with Crippen molar-refractivity contribution < 1.29 is 22.7 Å². The van der Waals surface area contributed by atoms with Gasteiger partial charge in [0.2, 0.25) is 0 Å². The number of phenols is 1. The molecule has 2 N–H and O–H groups in total. The molecule has 0 atom stereocenters. The molecule has 100 valence electrons. The molecule has 0 saturated heterocycles. The van der Waals surface area contributed by atoms with Crippen LogP contribution in [0, 0.1) is 23.3 Å². The van der Waals surface area contributed by atoms with Gasteiger partial charge in [-0.15, -0.1) is 0 Å². The molecule has 2 rings (SSSR count). The second-order valence-electron chi connectivity index (χ2n) is 3.89. The summed E-state index contributed by atoms with van der Waals surface area (Å²) >= 11 is 0. The molecule has 0 bridgehead atoms. The molecule has 19 heavy (non-hydrogen) atoms. The lowest BCUT2D eigenvalue weighted by molar-refractivity contribution is 0.432. The minimum Gasteiger partial charge on any atom is -0.505 e. The third-order valence-electron chi connectivity index (χ3n) is 2.49. The van der Waals surface area contributed by atoms with Crippen molar-refractivity contribution in [1.29, 1.82) is 0 Å². The van der Waals surface area contributed by atoms with Gasteiger partial charge in [-0.1, -0.05) is 6.07 Å². The van der Waals surface area contributed by atoms with Crippen molar-refractivity contribution in [2.75, 3.05) is 5.32 Å². The van der Waals surface area contributed by atoms with Crippen molar-refractivity contribution in [1.82, 2.24) is 0 Å². The maximum atomic E-state index is 13.0. The topological polar surface area (TPSA) is 32.3 Å². The number of nitrogens with one attached hydrogen (secondary N) is 1. The predicted octanol–water partition coefficient (Wildman–Crippen LogP) is 3.56. The highest BCUT2D eigenvalue weighted by Gasteiger charge is 2.10. The summed E-state index contributed by atoms with van der Waals surface area (Å²) in [6, 6.07) is 5.29. The predicted molar refractivity (Wildman–Crippen MR) is 61.7 cm³/mol. The van der Waals surface area contributed by atoms with Crippen molar-refractivity contribution in [3.05, 3.63) is 59.2 Å². The SMILES string of the molecule is Oc1ccc(CNc2cc(F)c(F)c(F)c2)cc1F. The van der Waals surface area contributed by atoms with Crippen molar-refractivity contribution in [3.63, 3.8) is 0 Å². The molecule has 0 fully saturated rings. The van der Waals surface area contributed by atoms with E-state index in [0.29, 0.717) is 5.56 Å². The fourth-order valence-corrected chi connectivity index (χ4v) is 1.52. The first-order valence-corrected chi connectivity index (χ1v) is 5.33. The molecule has 0 unspecified atom stereocenters. The maximum absolute atomic E-state index is 13.0. The average molecular weight is 271 g/mol. The molecule has 0 aliphatic heterocycles. The van der Waals surface area contributed by atoms with Gasteiger partial charge in [0.15, 0.2) is 29.0 Å². The molecule has 0 saturated carbocycles. The standard InChI is InChI=1S/C13H9F4NO/c14-9-3-7(1-2-12(9)19)6-18-8-4-10(15)13(17)11(16)5-8/h1-5,18-19H,6H2. The molecule has 0 aliphatic carbocycles. The van der Waals surface area contributed by atoms with Gasteiger partial charge in [0, 0.05) is 24.4 Å². The van der Waals surface area contributed by atoms with Crippen LogP contribution in [0.25, 0.3) is 0 Å². The highest BCUT2D eigenvalue weighted by Crippen LogP contribution is 2.20. The molecular formula is C13H9F4NO. The molecule has 2 aromatic carbocycles. The first kappa shape index (κ1) is 13.2. The van der Waals surface area contributed by atoms with E-state index in [4.69, 9.17) is 5.11 Å². The average Bonchev–Trinajstić information content (AvgIpc) is 2.37. The fourth-order valence-electron chi connectivity index (χ4n) is 1.52. The van der Waals surface area contributed by atoms with E-state index in [1.807, 2.05) is 0 Å². The summed E-state index contributed by atoms with van der Waals surface area (Å²) in [5, 5.41) is 11.6. The molecule has 0 aliphatic rings. The van der Waals surface area contributed by atoms with E-state index in [1.165, 1.54) is 6.07 Å². The Morgan fingerprint density at radius 2 is 1.53 bits per heavy atom. The van der Waals surface area contributed by atoms with Gasteiger partial charge < -0.3 is 10.4 Å². The van der Waals surface area contributed by atoms with Gasteiger partial charge in [0.25, 0.3) is 0 Å². The lowest BCUT2D eigenvalue weighted by Crippen LogP contribution is -2.02. The van der Waals surface area contributed by atoms with Gasteiger partial charge in [-0.2, -0.15) is 0 Å². The molecule has 2 nitrogen and oxygen atoms in total. The van der Waals surface area contributed by atoms with Crippen molar-refractivity contribution in [2.45, 2.75) is 6.54 Å². The fraction of sp³-hybridized carbons (Fsp3) is 0.0769. The van der Waals surface area contributed by atoms with E-state index in [9.17, 15) is 17.6 Å². The van der Waals surface area contributed by atoms with E-state index in [1.54, 1.807) is 0 Å². The number of benzene rings is 2. The molecule has 0 heterocycles. The van der Waals surface area contributed by atoms with Crippen LogP contribution in [-0.2, 0) is 6.54 Å². The zero-order chi connectivity index (χ0) is 14.0. The Hall–Kier alpha value is -2.24. The van der Waals surface area contributed by atoms with Crippen LogP contribution in [-0.4, -0.2) is 5.11 Å². The quantitative estimate of drug-likeness (QED) is 0.661. The van der Waals surface area contributed by atoms with Crippen LogP contribution < -0.4 is 5.32 Å². The Morgan fingerprint density at radius 3 is 2.11 bits per heavy atom. The van der Waals surface area contributed by atoms with Gasteiger partial charge in [-0.3, -0.25) is 0 Å². The van der Waals surface area contributed by atoms with Gasteiger partial charge in [-0.05, 0) is 17.7 Å². The Balaban J connectivity index is 2.12. The molecule has 0 spiro atoms. The maximum Gasteiger partial charge on any atom is 0.194 e. The van der Waals surface area contributed by atoms with Gasteiger partial charge in [-0.25, -0.2) is 17.6 Å². The van der Waals surface area contributed by atoms with Crippen LogP contribution >= 0.6 is 0 Å².